The maximum absolute atomic E-state index is 11.8. The Morgan fingerprint density at radius 3 is 2.62 bits per heavy atom. The van der Waals surface area contributed by atoms with Gasteiger partial charge in [-0.2, -0.15) is 0 Å². The molecule has 0 aliphatic heterocycles. The van der Waals surface area contributed by atoms with E-state index in [1.165, 1.54) is 0 Å². The maximum Gasteiger partial charge on any atom is 0.273 e. The molecule has 0 spiro atoms. The Balaban J connectivity index is 0.00000200. The first-order chi connectivity index (χ1) is 9.20. The van der Waals surface area contributed by atoms with E-state index in [0.29, 0.717) is 12.3 Å². The van der Waals surface area contributed by atoms with Crippen molar-refractivity contribution in [3.8, 4) is 11.3 Å². The van der Waals surface area contributed by atoms with Crippen LogP contribution in [0.3, 0.4) is 0 Å². The first kappa shape index (κ1) is 19.4. The third-order valence-corrected chi connectivity index (χ3v) is 2.77. The zero-order chi connectivity index (χ0) is 13.7. The van der Waals surface area contributed by atoms with E-state index in [2.05, 4.69) is 20.8 Å². The fraction of sp³-hybridized carbons (Fsp3) is 0.308. The Hall–Kier alpha value is -1.63. The number of carbonyl (C=O) groups is 1. The predicted octanol–water partition coefficient (Wildman–Crippen LogP) is 1.92. The predicted molar refractivity (Wildman–Crippen MR) is 85.1 cm³/mol. The summed E-state index contributed by atoms with van der Waals surface area (Å²) in [5.74, 6) is 0.306. The largest absolute Gasteiger partial charge is 0.355 e. The van der Waals surface area contributed by atoms with Crippen LogP contribution >= 0.6 is 24.8 Å². The third-order valence-electron chi connectivity index (χ3n) is 2.77. The van der Waals surface area contributed by atoms with Gasteiger partial charge in [-0.1, -0.05) is 5.16 Å². The molecular weight excluding hydrogens is 315 g/mol. The second-order valence-electron chi connectivity index (χ2n) is 4.21. The van der Waals surface area contributed by atoms with Crippen LogP contribution in [0.15, 0.2) is 35.1 Å². The van der Waals surface area contributed by atoms with E-state index in [9.17, 15) is 4.79 Å². The van der Waals surface area contributed by atoms with Gasteiger partial charge < -0.3 is 15.2 Å². The van der Waals surface area contributed by atoms with Crippen molar-refractivity contribution in [3.63, 3.8) is 0 Å². The molecule has 0 saturated heterocycles. The monoisotopic (exact) mass is 332 g/mol. The van der Waals surface area contributed by atoms with Crippen molar-refractivity contribution in [1.29, 1.82) is 0 Å². The zero-order valence-corrected chi connectivity index (χ0v) is 13.3. The summed E-state index contributed by atoms with van der Waals surface area (Å²) in [5, 5.41) is 9.58. The fourth-order valence-electron chi connectivity index (χ4n) is 1.47. The summed E-state index contributed by atoms with van der Waals surface area (Å²) in [5.41, 5.74) is 1.11. The Bertz CT molecular complexity index is 548. The van der Waals surface area contributed by atoms with Crippen LogP contribution in [0.5, 0.6) is 0 Å². The van der Waals surface area contributed by atoms with Crippen molar-refractivity contribution >= 4 is 30.7 Å². The van der Waals surface area contributed by atoms with Gasteiger partial charge in [-0.3, -0.25) is 9.78 Å². The fourth-order valence-corrected chi connectivity index (χ4v) is 1.47. The molecule has 2 aromatic rings. The van der Waals surface area contributed by atoms with Crippen molar-refractivity contribution in [2.75, 3.05) is 13.6 Å². The van der Waals surface area contributed by atoms with Gasteiger partial charge in [-0.05, 0) is 26.1 Å². The van der Waals surface area contributed by atoms with Crippen LogP contribution in [-0.2, 0) is 0 Å². The summed E-state index contributed by atoms with van der Waals surface area (Å²) < 4.78 is 5.15. The summed E-state index contributed by atoms with van der Waals surface area (Å²) in [6, 6.07) is 5.42. The molecule has 2 N–H and O–H groups in total. The van der Waals surface area contributed by atoms with Crippen molar-refractivity contribution in [2.45, 2.75) is 13.0 Å². The molecule has 0 bridgehead atoms. The highest BCUT2D eigenvalue weighted by Gasteiger charge is 2.13. The molecule has 21 heavy (non-hydrogen) atoms. The number of carbonyl (C=O) groups excluding carboxylic acids is 1. The van der Waals surface area contributed by atoms with E-state index in [0.717, 1.165) is 5.56 Å². The highest BCUT2D eigenvalue weighted by atomic mass is 35.5. The van der Waals surface area contributed by atoms with Crippen molar-refractivity contribution < 1.29 is 9.32 Å². The SMILES string of the molecule is CNC(C)CNC(=O)c1cc(-c2ccncc2)on1.Cl.Cl. The van der Waals surface area contributed by atoms with Gasteiger partial charge in [0.15, 0.2) is 11.5 Å². The number of rotatable bonds is 5. The molecule has 0 radical (unpaired) electrons. The lowest BCUT2D eigenvalue weighted by atomic mass is 10.2. The molecule has 2 aromatic heterocycles. The highest BCUT2D eigenvalue weighted by Crippen LogP contribution is 2.18. The van der Waals surface area contributed by atoms with E-state index in [1.54, 1.807) is 30.6 Å². The van der Waals surface area contributed by atoms with Crippen LogP contribution in [0.25, 0.3) is 11.3 Å². The number of pyridine rings is 1. The summed E-state index contributed by atoms with van der Waals surface area (Å²) in [6.45, 7) is 2.51. The first-order valence-corrected chi connectivity index (χ1v) is 6.03. The average Bonchev–Trinajstić information content (AvgIpc) is 2.95. The van der Waals surface area contributed by atoms with Gasteiger partial charge >= 0.3 is 0 Å². The molecular formula is C13H18Cl2N4O2. The summed E-state index contributed by atoms with van der Waals surface area (Å²) in [7, 11) is 1.84. The lowest BCUT2D eigenvalue weighted by Crippen LogP contribution is -2.37. The molecule has 116 valence electrons. The molecule has 8 heteroatoms. The topological polar surface area (TPSA) is 80.0 Å². The van der Waals surface area contributed by atoms with Gasteiger partial charge in [0.2, 0.25) is 0 Å². The van der Waals surface area contributed by atoms with E-state index in [4.69, 9.17) is 4.52 Å². The Morgan fingerprint density at radius 2 is 2.00 bits per heavy atom. The van der Waals surface area contributed by atoms with Gasteiger partial charge in [-0.25, -0.2) is 0 Å². The number of halogens is 2. The maximum atomic E-state index is 11.8. The van der Waals surface area contributed by atoms with Gasteiger partial charge in [0.05, 0.1) is 0 Å². The number of hydrogen-bond donors (Lipinski definition) is 2. The number of aromatic nitrogens is 2. The Kier molecular flexibility index (Phi) is 8.61. The van der Waals surface area contributed by atoms with E-state index in [1.807, 2.05) is 14.0 Å². The van der Waals surface area contributed by atoms with Crippen LogP contribution in [0, 0.1) is 0 Å². The average molecular weight is 333 g/mol. The molecule has 1 amide bonds. The molecule has 6 nitrogen and oxygen atoms in total. The normalized spacial score (nSPS) is 11.0. The quantitative estimate of drug-likeness (QED) is 0.874. The van der Waals surface area contributed by atoms with E-state index < -0.39 is 0 Å². The second-order valence-corrected chi connectivity index (χ2v) is 4.21. The van der Waals surface area contributed by atoms with Gasteiger partial charge in [0.1, 0.15) is 0 Å². The molecule has 2 rings (SSSR count). The lowest BCUT2D eigenvalue weighted by Gasteiger charge is -2.09. The zero-order valence-electron chi connectivity index (χ0n) is 11.7. The summed E-state index contributed by atoms with van der Waals surface area (Å²) >= 11 is 0. The van der Waals surface area contributed by atoms with Crippen LogP contribution in [0.2, 0.25) is 0 Å². The van der Waals surface area contributed by atoms with Gasteiger partial charge in [0, 0.05) is 36.6 Å². The summed E-state index contributed by atoms with van der Waals surface area (Å²) in [4.78, 5) is 15.8. The number of amides is 1. The minimum atomic E-state index is -0.244. The Morgan fingerprint density at radius 1 is 1.33 bits per heavy atom. The third kappa shape index (κ3) is 5.34. The van der Waals surface area contributed by atoms with Crippen molar-refractivity contribution in [1.82, 2.24) is 20.8 Å². The van der Waals surface area contributed by atoms with Crippen molar-refractivity contribution in [2.24, 2.45) is 0 Å². The van der Waals surface area contributed by atoms with Gasteiger partial charge in [0.25, 0.3) is 5.91 Å². The van der Waals surface area contributed by atoms with Crippen LogP contribution < -0.4 is 10.6 Å². The molecule has 0 saturated carbocycles. The number of nitrogens with zero attached hydrogens (tertiary/aromatic N) is 2. The molecule has 1 unspecified atom stereocenters. The van der Waals surface area contributed by atoms with Crippen LogP contribution in [0.1, 0.15) is 17.4 Å². The summed E-state index contributed by atoms with van der Waals surface area (Å²) in [6.07, 6.45) is 3.32. The standard InChI is InChI=1S/C13H16N4O2.2ClH/c1-9(14-2)8-16-13(18)11-7-12(19-17-11)10-3-5-15-6-4-10;;/h3-7,9,14H,8H2,1-2H3,(H,16,18);2*1H. The minimum Gasteiger partial charge on any atom is -0.355 e. The number of nitrogens with one attached hydrogen (secondary N) is 2. The molecule has 0 aliphatic carbocycles. The molecule has 2 heterocycles. The molecule has 0 fully saturated rings. The number of hydrogen-bond acceptors (Lipinski definition) is 5. The highest BCUT2D eigenvalue weighted by molar-refractivity contribution is 5.93. The smallest absolute Gasteiger partial charge is 0.273 e. The number of likely N-dealkylation sites (N-methyl/N-ethyl adjacent to an activating group) is 1. The molecule has 0 aromatic carbocycles. The van der Waals surface area contributed by atoms with Crippen molar-refractivity contribution in [3.05, 3.63) is 36.3 Å². The first-order valence-electron chi connectivity index (χ1n) is 6.03. The van der Waals surface area contributed by atoms with Crippen LogP contribution in [-0.4, -0.2) is 35.7 Å². The second kappa shape index (κ2) is 9.33. The Labute approximate surface area is 135 Å². The molecule has 1 atom stereocenters. The minimum absolute atomic E-state index is 0. The van der Waals surface area contributed by atoms with Gasteiger partial charge in [-0.15, -0.1) is 24.8 Å². The van der Waals surface area contributed by atoms with Crippen LogP contribution in [0.4, 0.5) is 0 Å². The van der Waals surface area contributed by atoms with E-state index >= 15 is 0 Å². The van der Waals surface area contributed by atoms with E-state index in [-0.39, 0.29) is 42.5 Å². The lowest BCUT2D eigenvalue weighted by molar-refractivity contribution is 0.0941. The molecule has 0 aliphatic rings.